The maximum atomic E-state index is 5.98. The normalized spacial score (nSPS) is 18.6. The zero-order valence-corrected chi connectivity index (χ0v) is 20.9. The van der Waals surface area contributed by atoms with Crippen LogP contribution in [0.1, 0.15) is 37.1 Å². The molecule has 7 nitrogen and oxygen atoms in total. The van der Waals surface area contributed by atoms with Crippen molar-refractivity contribution in [2.75, 3.05) is 46.4 Å². The largest absolute Gasteiger partial charge is 0.370 e. The zero-order chi connectivity index (χ0) is 19.9. The van der Waals surface area contributed by atoms with Gasteiger partial charge in [-0.3, -0.25) is 14.6 Å². The number of likely N-dealkylation sites (N-methyl/N-ethyl adjacent to an activating group) is 1. The summed E-state index contributed by atoms with van der Waals surface area (Å²) in [5.41, 5.74) is 2.48. The highest BCUT2D eigenvalue weighted by Gasteiger charge is 2.26. The van der Waals surface area contributed by atoms with Crippen LogP contribution in [0.25, 0.3) is 0 Å². The molecule has 2 atom stereocenters. The minimum Gasteiger partial charge on any atom is -0.370 e. The van der Waals surface area contributed by atoms with E-state index in [0.29, 0.717) is 12.6 Å². The molecule has 3 heterocycles. The molecule has 0 radical (unpaired) electrons. The molecular formula is C20H33IN6OS. The van der Waals surface area contributed by atoms with Gasteiger partial charge in [0.25, 0.3) is 0 Å². The quantitative estimate of drug-likeness (QED) is 0.338. The van der Waals surface area contributed by atoms with Crippen LogP contribution in [0.2, 0.25) is 0 Å². The van der Waals surface area contributed by atoms with Gasteiger partial charge in [-0.25, -0.2) is 0 Å². The molecule has 0 bridgehead atoms. The van der Waals surface area contributed by atoms with Crippen LogP contribution in [-0.4, -0.2) is 71.9 Å². The molecule has 29 heavy (non-hydrogen) atoms. The molecule has 9 heteroatoms. The third-order valence-corrected chi connectivity index (χ3v) is 6.01. The van der Waals surface area contributed by atoms with Crippen LogP contribution in [0.15, 0.2) is 34.2 Å². The molecule has 1 saturated heterocycles. The molecule has 1 N–H and O–H groups in total. The predicted octanol–water partition coefficient (Wildman–Crippen LogP) is 3.13. The van der Waals surface area contributed by atoms with Gasteiger partial charge in [0.2, 0.25) is 0 Å². The van der Waals surface area contributed by atoms with Gasteiger partial charge >= 0.3 is 0 Å². The van der Waals surface area contributed by atoms with Gasteiger partial charge in [-0.15, -0.1) is 24.0 Å². The van der Waals surface area contributed by atoms with Crippen LogP contribution >= 0.6 is 35.3 Å². The second-order valence-corrected chi connectivity index (χ2v) is 7.75. The lowest BCUT2D eigenvalue weighted by Crippen LogP contribution is -2.50. The second kappa shape index (κ2) is 11.9. The lowest BCUT2D eigenvalue weighted by atomic mass is 10.1. The Morgan fingerprint density at radius 3 is 2.83 bits per heavy atom. The fourth-order valence-electron chi connectivity index (χ4n) is 3.76. The van der Waals surface area contributed by atoms with Crippen LogP contribution < -0.4 is 5.32 Å². The number of hydrogen-bond acceptors (Lipinski definition) is 5. The van der Waals surface area contributed by atoms with Crippen molar-refractivity contribution in [3.05, 3.63) is 40.3 Å². The van der Waals surface area contributed by atoms with Gasteiger partial charge < -0.3 is 15.0 Å². The Morgan fingerprint density at radius 2 is 2.24 bits per heavy atom. The molecule has 2 aromatic rings. The monoisotopic (exact) mass is 532 g/mol. The van der Waals surface area contributed by atoms with Crippen molar-refractivity contribution in [2.24, 2.45) is 12.0 Å². The smallest absolute Gasteiger partial charge is 0.193 e. The van der Waals surface area contributed by atoms with Gasteiger partial charge in [0, 0.05) is 38.9 Å². The van der Waals surface area contributed by atoms with Crippen molar-refractivity contribution >= 4 is 41.3 Å². The van der Waals surface area contributed by atoms with Crippen molar-refractivity contribution < 1.29 is 4.74 Å². The number of aliphatic imine (C=N–C) groups is 1. The number of ether oxygens (including phenoxy) is 1. The Balaban J connectivity index is 0.00000300. The lowest BCUT2D eigenvalue weighted by Gasteiger charge is -2.36. The first-order chi connectivity index (χ1) is 13.7. The van der Waals surface area contributed by atoms with Crippen LogP contribution in [0.5, 0.6) is 0 Å². The van der Waals surface area contributed by atoms with Gasteiger partial charge in [0.05, 0.1) is 25.4 Å². The summed E-state index contributed by atoms with van der Waals surface area (Å²) in [6.45, 7) is 9.63. The molecular weight excluding hydrogens is 499 g/mol. The molecule has 1 aliphatic rings. The number of aromatic nitrogens is 2. The molecule has 162 valence electrons. The van der Waals surface area contributed by atoms with Crippen molar-refractivity contribution in [1.29, 1.82) is 0 Å². The molecule has 0 saturated carbocycles. The summed E-state index contributed by atoms with van der Waals surface area (Å²) in [7, 11) is 3.79. The first-order valence-electron chi connectivity index (χ1n) is 9.98. The average Bonchev–Trinajstić information content (AvgIpc) is 3.40. The van der Waals surface area contributed by atoms with Crippen LogP contribution in [0, 0.1) is 0 Å². The maximum Gasteiger partial charge on any atom is 0.193 e. The summed E-state index contributed by atoms with van der Waals surface area (Å²) >= 11 is 1.75. The van der Waals surface area contributed by atoms with Crippen molar-refractivity contribution in [2.45, 2.75) is 26.0 Å². The second-order valence-electron chi connectivity index (χ2n) is 6.97. The Morgan fingerprint density at radius 1 is 1.45 bits per heavy atom. The Hall–Kier alpha value is -1.17. The summed E-state index contributed by atoms with van der Waals surface area (Å²) in [5.74, 6) is 0.935. The number of nitrogens with one attached hydrogen (secondary N) is 1. The third kappa shape index (κ3) is 6.16. The van der Waals surface area contributed by atoms with E-state index in [1.54, 1.807) is 11.3 Å². The Labute approximate surface area is 195 Å². The highest BCUT2D eigenvalue weighted by molar-refractivity contribution is 14.0. The molecule has 3 rings (SSSR count). The minimum absolute atomic E-state index is 0. The fourth-order valence-corrected chi connectivity index (χ4v) is 4.46. The van der Waals surface area contributed by atoms with E-state index in [0.717, 1.165) is 44.2 Å². The first-order valence-corrected chi connectivity index (χ1v) is 10.9. The van der Waals surface area contributed by atoms with Gasteiger partial charge in [-0.2, -0.15) is 16.4 Å². The summed E-state index contributed by atoms with van der Waals surface area (Å²) < 4.78 is 7.79. The van der Waals surface area contributed by atoms with Gasteiger partial charge in [-0.05, 0) is 35.5 Å². The van der Waals surface area contributed by atoms with E-state index in [1.165, 1.54) is 5.56 Å². The van der Waals surface area contributed by atoms with Gasteiger partial charge in [-0.1, -0.05) is 13.8 Å². The topological polar surface area (TPSA) is 57.9 Å². The first kappa shape index (κ1) is 24.1. The summed E-state index contributed by atoms with van der Waals surface area (Å²) in [6, 6.07) is 2.57. The summed E-state index contributed by atoms with van der Waals surface area (Å²) in [4.78, 5) is 9.32. The van der Waals surface area contributed by atoms with E-state index >= 15 is 0 Å². The molecule has 2 unspecified atom stereocenters. The van der Waals surface area contributed by atoms with E-state index in [1.807, 2.05) is 31.2 Å². The number of rotatable bonds is 7. The van der Waals surface area contributed by atoms with E-state index in [-0.39, 0.29) is 30.1 Å². The fraction of sp³-hybridized carbons (Fsp3) is 0.600. The third-order valence-electron chi connectivity index (χ3n) is 5.31. The molecule has 2 aromatic heterocycles. The molecule has 0 aliphatic carbocycles. The van der Waals surface area contributed by atoms with Crippen LogP contribution in [-0.2, 0) is 11.8 Å². The van der Waals surface area contributed by atoms with Gasteiger partial charge in [0.15, 0.2) is 5.96 Å². The van der Waals surface area contributed by atoms with Gasteiger partial charge in [0.1, 0.15) is 6.10 Å². The zero-order valence-electron chi connectivity index (χ0n) is 17.7. The minimum atomic E-state index is 0. The Kier molecular flexibility index (Phi) is 9.87. The molecule has 0 aromatic carbocycles. The van der Waals surface area contributed by atoms with E-state index < -0.39 is 0 Å². The standard InChI is InChI=1S/C20H32N6OS.HI/c1-5-25(6-2)18(16-7-10-28-15-16)12-22-20(21-3)26-8-9-27-19(14-26)17-11-23-24(4)13-17;/h7,10-11,13,15,18-19H,5-6,8-9,12,14H2,1-4H3,(H,21,22);1H. The van der Waals surface area contributed by atoms with E-state index in [4.69, 9.17) is 4.74 Å². The number of halogens is 1. The Bertz CT molecular complexity index is 746. The van der Waals surface area contributed by atoms with Crippen LogP contribution in [0.3, 0.4) is 0 Å². The number of thiophene rings is 1. The molecule has 1 fully saturated rings. The average molecular weight is 532 g/mol. The molecule has 0 amide bonds. The highest BCUT2D eigenvalue weighted by atomic mass is 127. The number of guanidine groups is 1. The number of aryl methyl sites for hydroxylation is 1. The number of morpholine rings is 1. The summed E-state index contributed by atoms with van der Waals surface area (Å²) in [5, 5.41) is 12.3. The number of hydrogen-bond donors (Lipinski definition) is 1. The highest BCUT2D eigenvalue weighted by Crippen LogP contribution is 2.24. The van der Waals surface area contributed by atoms with E-state index in [9.17, 15) is 0 Å². The molecule has 0 spiro atoms. The lowest BCUT2D eigenvalue weighted by molar-refractivity contribution is -0.00813. The maximum absolute atomic E-state index is 5.98. The van der Waals surface area contributed by atoms with Crippen molar-refractivity contribution in [3.63, 3.8) is 0 Å². The SMILES string of the molecule is CCN(CC)C(CNC(=NC)N1CCOC(c2cnn(C)c2)C1)c1ccsc1.I. The van der Waals surface area contributed by atoms with Crippen molar-refractivity contribution in [3.8, 4) is 0 Å². The van der Waals surface area contributed by atoms with Crippen LogP contribution in [0.4, 0.5) is 0 Å². The predicted molar refractivity (Wildman–Crippen MR) is 130 cm³/mol. The van der Waals surface area contributed by atoms with Crippen molar-refractivity contribution in [1.82, 2.24) is 24.9 Å². The van der Waals surface area contributed by atoms with E-state index in [2.05, 4.69) is 55.9 Å². The summed E-state index contributed by atoms with van der Waals surface area (Å²) in [6.07, 6.45) is 3.94. The number of nitrogens with zero attached hydrogens (tertiary/aromatic N) is 5. The molecule has 1 aliphatic heterocycles.